The van der Waals surface area contributed by atoms with Crippen LogP contribution in [-0.4, -0.2) is 40.7 Å². The van der Waals surface area contributed by atoms with Gasteiger partial charge in [-0.2, -0.15) is 0 Å². The minimum absolute atomic E-state index is 0.0510. The molecule has 1 aliphatic rings. The molecule has 24 heavy (non-hydrogen) atoms. The number of rotatable bonds is 6. The summed E-state index contributed by atoms with van der Waals surface area (Å²) < 4.78 is 0. The van der Waals surface area contributed by atoms with Crippen LogP contribution in [0.25, 0.3) is 0 Å². The maximum Gasteiger partial charge on any atom is 0.245 e. The lowest BCUT2D eigenvalue weighted by molar-refractivity contribution is -0.157. The smallest absolute Gasteiger partial charge is 0.245 e. The van der Waals surface area contributed by atoms with E-state index in [1.807, 2.05) is 6.92 Å². The molecule has 0 aromatic heterocycles. The van der Waals surface area contributed by atoms with Gasteiger partial charge in [0.25, 0.3) is 0 Å². The minimum Gasteiger partial charge on any atom is -0.332 e. The number of amides is 2. The Bertz CT molecular complexity index is 578. The van der Waals surface area contributed by atoms with E-state index >= 15 is 0 Å². The van der Waals surface area contributed by atoms with Gasteiger partial charge in [-0.25, -0.2) is 0 Å². The quantitative estimate of drug-likeness (QED) is 0.802. The average Bonchev–Trinajstić information content (AvgIpc) is 2.54. The van der Waals surface area contributed by atoms with Gasteiger partial charge in [-0.1, -0.05) is 52.0 Å². The molecule has 4 nitrogen and oxygen atoms in total. The molecule has 0 spiro atoms. The molecule has 1 atom stereocenters. The highest BCUT2D eigenvalue weighted by Crippen LogP contribution is 2.23. The Morgan fingerprint density at radius 2 is 1.71 bits per heavy atom. The summed E-state index contributed by atoms with van der Waals surface area (Å²) in [4.78, 5) is 28.8. The van der Waals surface area contributed by atoms with Crippen molar-refractivity contribution in [1.82, 2.24) is 9.80 Å². The van der Waals surface area contributed by atoms with Crippen molar-refractivity contribution >= 4 is 11.8 Å². The second-order valence-corrected chi connectivity index (χ2v) is 7.42. The van der Waals surface area contributed by atoms with Crippen molar-refractivity contribution in [3.05, 3.63) is 35.4 Å². The molecule has 0 saturated carbocycles. The molecular formula is C20H30N2O2. The molecule has 0 unspecified atom stereocenters. The third-order valence-corrected chi connectivity index (χ3v) is 4.70. The number of hydrogen-bond donors (Lipinski definition) is 0. The molecule has 0 N–H and O–H groups in total. The highest BCUT2D eigenvalue weighted by molar-refractivity contribution is 5.94. The van der Waals surface area contributed by atoms with Gasteiger partial charge in [-0.3, -0.25) is 9.59 Å². The molecule has 1 fully saturated rings. The van der Waals surface area contributed by atoms with E-state index in [0.717, 1.165) is 5.56 Å². The summed E-state index contributed by atoms with van der Waals surface area (Å²) >= 11 is 0. The zero-order chi connectivity index (χ0) is 17.9. The second kappa shape index (κ2) is 7.82. The van der Waals surface area contributed by atoms with Gasteiger partial charge >= 0.3 is 0 Å². The highest BCUT2D eigenvalue weighted by Gasteiger charge is 2.38. The van der Waals surface area contributed by atoms with Crippen molar-refractivity contribution in [2.75, 3.05) is 13.1 Å². The number of carbonyl (C=O) groups is 2. The molecule has 4 heteroatoms. The van der Waals surface area contributed by atoms with Crippen molar-refractivity contribution < 1.29 is 9.59 Å². The first-order valence-corrected chi connectivity index (χ1v) is 9.00. The van der Waals surface area contributed by atoms with Crippen LogP contribution < -0.4 is 0 Å². The van der Waals surface area contributed by atoms with Gasteiger partial charge in [0, 0.05) is 13.1 Å². The third-order valence-electron chi connectivity index (χ3n) is 4.70. The van der Waals surface area contributed by atoms with Crippen LogP contribution in [-0.2, 0) is 16.1 Å². The van der Waals surface area contributed by atoms with E-state index in [4.69, 9.17) is 0 Å². The van der Waals surface area contributed by atoms with Crippen LogP contribution in [0.5, 0.6) is 0 Å². The average molecular weight is 330 g/mol. The second-order valence-electron chi connectivity index (χ2n) is 7.42. The van der Waals surface area contributed by atoms with Crippen LogP contribution in [0.1, 0.15) is 58.1 Å². The monoisotopic (exact) mass is 330 g/mol. The summed E-state index contributed by atoms with van der Waals surface area (Å²) in [6.45, 7) is 11.8. The maximum absolute atomic E-state index is 12.7. The first-order chi connectivity index (χ1) is 11.3. The van der Waals surface area contributed by atoms with E-state index in [0.29, 0.717) is 31.3 Å². The Labute approximate surface area is 145 Å². The Hall–Kier alpha value is -1.84. The minimum atomic E-state index is -0.337. The van der Waals surface area contributed by atoms with Crippen LogP contribution in [0.3, 0.4) is 0 Å². The summed E-state index contributed by atoms with van der Waals surface area (Å²) in [6.07, 6.45) is 0.713. The zero-order valence-corrected chi connectivity index (χ0v) is 15.6. The predicted molar refractivity (Wildman–Crippen MR) is 96.6 cm³/mol. The summed E-state index contributed by atoms with van der Waals surface area (Å²) in [5.74, 6) is 0.998. The van der Waals surface area contributed by atoms with Crippen molar-refractivity contribution in [2.24, 2.45) is 5.92 Å². The lowest BCUT2D eigenvalue weighted by Gasteiger charge is -2.40. The Balaban J connectivity index is 2.21. The Kier molecular flexibility index (Phi) is 6.03. The topological polar surface area (TPSA) is 40.6 Å². The molecule has 2 amide bonds. The Morgan fingerprint density at radius 1 is 1.08 bits per heavy atom. The fourth-order valence-electron chi connectivity index (χ4n) is 3.20. The molecule has 0 bridgehead atoms. The van der Waals surface area contributed by atoms with Crippen LogP contribution in [0.15, 0.2) is 24.3 Å². The molecule has 0 aliphatic carbocycles. The van der Waals surface area contributed by atoms with E-state index in [1.165, 1.54) is 5.56 Å². The lowest BCUT2D eigenvalue weighted by atomic mass is 9.97. The van der Waals surface area contributed by atoms with E-state index in [-0.39, 0.29) is 24.4 Å². The normalized spacial score (nSPS) is 18.9. The van der Waals surface area contributed by atoms with E-state index in [9.17, 15) is 9.59 Å². The molecule has 1 aromatic rings. The molecule has 1 aromatic carbocycles. The van der Waals surface area contributed by atoms with Crippen LogP contribution in [0.2, 0.25) is 0 Å². The van der Waals surface area contributed by atoms with Gasteiger partial charge in [-0.15, -0.1) is 0 Å². The predicted octanol–water partition coefficient (Wildman–Crippen LogP) is 3.42. The van der Waals surface area contributed by atoms with Gasteiger partial charge in [0.05, 0.1) is 6.54 Å². The fourth-order valence-corrected chi connectivity index (χ4v) is 3.20. The highest BCUT2D eigenvalue weighted by atomic mass is 16.2. The molecule has 1 saturated heterocycles. The Morgan fingerprint density at radius 3 is 2.21 bits per heavy atom. The number of hydrogen-bond acceptors (Lipinski definition) is 2. The first-order valence-electron chi connectivity index (χ1n) is 9.00. The van der Waals surface area contributed by atoms with E-state index < -0.39 is 0 Å². The standard InChI is InChI=1S/C20H30N2O2/c1-6-21-13-19(23)22(18(20(21)24)11-14(2)3)12-16-7-9-17(10-8-16)15(4)5/h7-10,14-15,18H,6,11-13H2,1-5H3/t18-/m0/s1. The number of carbonyl (C=O) groups excluding carboxylic acids is 2. The van der Waals surface area contributed by atoms with Gasteiger partial charge in [-0.05, 0) is 36.3 Å². The number of likely N-dealkylation sites (N-methyl/N-ethyl adjacent to an activating group) is 1. The number of nitrogens with zero attached hydrogens (tertiary/aromatic N) is 2. The largest absolute Gasteiger partial charge is 0.332 e. The van der Waals surface area contributed by atoms with Crippen LogP contribution in [0.4, 0.5) is 0 Å². The maximum atomic E-state index is 12.7. The SMILES string of the molecule is CCN1CC(=O)N(Cc2ccc(C(C)C)cc2)[C@@H](CC(C)C)C1=O. The van der Waals surface area contributed by atoms with Gasteiger partial charge in [0.15, 0.2) is 0 Å². The van der Waals surface area contributed by atoms with Crippen molar-refractivity contribution in [1.29, 1.82) is 0 Å². The fraction of sp³-hybridized carbons (Fsp3) is 0.600. The summed E-state index contributed by atoms with van der Waals surface area (Å²) in [6, 6.07) is 8.05. The van der Waals surface area contributed by atoms with Crippen molar-refractivity contribution in [3.63, 3.8) is 0 Å². The van der Waals surface area contributed by atoms with Crippen LogP contribution in [0, 0.1) is 5.92 Å². The summed E-state index contributed by atoms with van der Waals surface area (Å²) in [7, 11) is 0. The number of benzene rings is 1. The summed E-state index contributed by atoms with van der Waals surface area (Å²) in [5, 5.41) is 0. The zero-order valence-electron chi connectivity index (χ0n) is 15.6. The van der Waals surface area contributed by atoms with Crippen LogP contribution >= 0.6 is 0 Å². The van der Waals surface area contributed by atoms with E-state index in [2.05, 4.69) is 52.0 Å². The number of piperazine rings is 1. The summed E-state index contributed by atoms with van der Waals surface area (Å²) in [5.41, 5.74) is 2.37. The molecular weight excluding hydrogens is 300 g/mol. The first kappa shape index (κ1) is 18.5. The molecule has 0 radical (unpaired) electrons. The van der Waals surface area contributed by atoms with Gasteiger partial charge in [0.1, 0.15) is 6.04 Å². The van der Waals surface area contributed by atoms with Gasteiger partial charge in [0.2, 0.25) is 11.8 Å². The molecule has 1 heterocycles. The molecule has 132 valence electrons. The van der Waals surface area contributed by atoms with E-state index in [1.54, 1.807) is 9.80 Å². The van der Waals surface area contributed by atoms with Crippen molar-refractivity contribution in [2.45, 2.75) is 59.5 Å². The third kappa shape index (κ3) is 4.16. The lowest BCUT2D eigenvalue weighted by Crippen LogP contribution is -2.59. The van der Waals surface area contributed by atoms with Crippen molar-refractivity contribution in [3.8, 4) is 0 Å². The molecule has 1 aliphatic heterocycles. The molecule has 2 rings (SSSR count). The van der Waals surface area contributed by atoms with Gasteiger partial charge < -0.3 is 9.80 Å².